The summed E-state index contributed by atoms with van der Waals surface area (Å²) in [6.45, 7) is 5.87. The van der Waals surface area contributed by atoms with Gasteiger partial charge in [0.25, 0.3) is 0 Å². The molecule has 0 aliphatic carbocycles. The second-order valence-corrected chi connectivity index (χ2v) is 6.63. The van der Waals surface area contributed by atoms with E-state index in [0.29, 0.717) is 23.4 Å². The van der Waals surface area contributed by atoms with E-state index in [1.165, 1.54) is 0 Å². The van der Waals surface area contributed by atoms with Crippen molar-refractivity contribution in [3.63, 3.8) is 0 Å². The third kappa shape index (κ3) is 3.84. The number of allylic oxidation sites excluding steroid dienone is 2. The standard InChI is InChI=1S/C21H20ClN3O4/c1-4-27-13-6-7-16-12(8-13)9-14(19(22)25-16)18-15(10-23)20(24)29-11(3)17(18)21(26)28-5-2/h6-9,18H,4-5,24H2,1-3H3. The first-order valence-electron chi connectivity index (χ1n) is 9.09. The van der Waals surface area contributed by atoms with E-state index in [9.17, 15) is 10.1 Å². The first-order valence-corrected chi connectivity index (χ1v) is 9.47. The van der Waals surface area contributed by atoms with Gasteiger partial charge in [-0.1, -0.05) is 11.6 Å². The first-order chi connectivity index (χ1) is 13.9. The van der Waals surface area contributed by atoms with Gasteiger partial charge in [0, 0.05) is 10.9 Å². The lowest BCUT2D eigenvalue weighted by atomic mass is 9.83. The molecule has 0 radical (unpaired) electrons. The molecule has 0 spiro atoms. The van der Waals surface area contributed by atoms with Crippen LogP contribution in [0.4, 0.5) is 0 Å². The molecule has 0 bridgehead atoms. The van der Waals surface area contributed by atoms with Gasteiger partial charge in [-0.05, 0) is 45.0 Å². The predicted octanol–water partition coefficient (Wildman–Crippen LogP) is 3.93. The molecule has 150 valence electrons. The van der Waals surface area contributed by atoms with Crippen molar-refractivity contribution in [3.8, 4) is 11.8 Å². The molecule has 7 nitrogen and oxygen atoms in total. The van der Waals surface area contributed by atoms with E-state index in [0.717, 1.165) is 5.39 Å². The number of fused-ring (bicyclic) bond motifs is 1. The van der Waals surface area contributed by atoms with E-state index in [4.69, 9.17) is 31.5 Å². The highest BCUT2D eigenvalue weighted by Crippen LogP contribution is 2.42. The molecule has 3 rings (SSSR count). The Bertz CT molecular complexity index is 1090. The van der Waals surface area contributed by atoms with Crippen molar-refractivity contribution in [1.82, 2.24) is 4.98 Å². The van der Waals surface area contributed by atoms with Gasteiger partial charge in [-0.2, -0.15) is 5.26 Å². The number of nitrogens with two attached hydrogens (primary N) is 1. The number of nitriles is 1. The van der Waals surface area contributed by atoms with Crippen LogP contribution in [0.1, 0.15) is 32.3 Å². The number of nitrogens with zero attached hydrogens (tertiary/aromatic N) is 2. The Balaban J connectivity index is 2.24. The number of aromatic nitrogens is 1. The third-order valence-corrected chi connectivity index (χ3v) is 4.79. The molecule has 1 aromatic carbocycles. The molecule has 0 saturated heterocycles. The van der Waals surface area contributed by atoms with Gasteiger partial charge in [0.05, 0.1) is 30.2 Å². The van der Waals surface area contributed by atoms with E-state index in [-0.39, 0.29) is 34.5 Å². The Labute approximate surface area is 173 Å². The minimum Gasteiger partial charge on any atom is -0.494 e. The lowest BCUT2D eigenvalue weighted by Crippen LogP contribution is -2.25. The number of halogens is 1. The number of carbonyl (C=O) groups excluding carboxylic acids is 1. The normalized spacial score (nSPS) is 16.4. The Kier molecular flexibility index (Phi) is 5.95. The van der Waals surface area contributed by atoms with E-state index in [1.807, 2.05) is 19.1 Å². The number of ether oxygens (including phenoxy) is 3. The second-order valence-electron chi connectivity index (χ2n) is 6.27. The summed E-state index contributed by atoms with van der Waals surface area (Å²) in [5, 5.41) is 10.6. The number of carbonyl (C=O) groups is 1. The van der Waals surface area contributed by atoms with Gasteiger partial charge >= 0.3 is 5.97 Å². The van der Waals surface area contributed by atoms with E-state index >= 15 is 0 Å². The molecule has 2 N–H and O–H groups in total. The summed E-state index contributed by atoms with van der Waals surface area (Å²) in [5.74, 6) is -0.608. The molecule has 1 atom stereocenters. The van der Waals surface area contributed by atoms with Crippen molar-refractivity contribution in [1.29, 1.82) is 5.26 Å². The SMILES string of the molecule is CCOC(=O)C1=C(C)OC(N)=C(C#N)C1c1cc2cc(OCC)ccc2nc1Cl. The molecule has 0 amide bonds. The zero-order chi connectivity index (χ0) is 21.1. The van der Waals surface area contributed by atoms with Crippen LogP contribution in [0.3, 0.4) is 0 Å². The van der Waals surface area contributed by atoms with E-state index in [1.54, 1.807) is 32.0 Å². The molecule has 8 heteroatoms. The molecule has 0 fully saturated rings. The van der Waals surface area contributed by atoms with Gasteiger partial charge in [-0.25, -0.2) is 9.78 Å². The van der Waals surface area contributed by atoms with Crippen LogP contribution in [0, 0.1) is 11.3 Å². The van der Waals surface area contributed by atoms with Crippen LogP contribution in [-0.2, 0) is 14.3 Å². The summed E-state index contributed by atoms with van der Waals surface area (Å²) >= 11 is 6.47. The maximum Gasteiger partial charge on any atom is 0.338 e. The smallest absolute Gasteiger partial charge is 0.338 e. The van der Waals surface area contributed by atoms with Crippen LogP contribution >= 0.6 is 11.6 Å². The summed E-state index contributed by atoms with van der Waals surface area (Å²) < 4.78 is 16.2. The van der Waals surface area contributed by atoms with Crippen LogP contribution in [0.2, 0.25) is 5.15 Å². The zero-order valence-corrected chi connectivity index (χ0v) is 17.0. The fourth-order valence-electron chi connectivity index (χ4n) is 3.27. The Morgan fingerprint density at radius 3 is 2.76 bits per heavy atom. The maximum atomic E-state index is 12.7. The third-order valence-electron chi connectivity index (χ3n) is 4.49. The molecule has 0 saturated carbocycles. The lowest BCUT2D eigenvalue weighted by molar-refractivity contribution is -0.139. The predicted molar refractivity (Wildman–Crippen MR) is 108 cm³/mol. The van der Waals surface area contributed by atoms with Crippen molar-refractivity contribution in [2.24, 2.45) is 5.73 Å². The van der Waals surface area contributed by atoms with Crippen LogP contribution in [-0.4, -0.2) is 24.2 Å². The van der Waals surface area contributed by atoms with E-state index in [2.05, 4.69) is 4.98 Å². The van der Waals surface area contributed by atoms with Gasteiger partial charge in [-0.15, -0.1) is 0 Å². The highest BCUT2D eigenvalue weighted by molar-refractivity contribution is 6.30. The van der Waals surface area contributed by atoms with Gasteiger partial charge in [0.2, 0.25) is 5.88 Å². The Morgan fingerprint density at radius 2 is 2.10 bits per heavy atom. The topological polar surface area (TPSA) is 107 Å². The summed E-state index contributed by atoms with van der Waals surface area (Å²) in [4.78, 5) is 17.1. The fourth-order valence-corrected chi connectivity index (χ4v) is 3.53. The molecule has 1 aliphatic rings. The van der Waals surface area contributed by atoms with Crippen LogP contribution < -0.4 is 10.5 Å². The lowest BCUT2D eigenvalue weighted by Gasteiger charge is -2.27. The molecular formula is C21H20ClN3O4. The summed E-state index contributed by atoms with van der Waals surface area (Å²) in [6, 6.07) is 9.23. The fraction of sp³-hybridized carbons (Fsp3) is 0.286. The van der Waals surface area contributed by atoms with Gasteiger partial charge in [-0.3, -0.25) is 0 Å². The van der Waals surface area contributed by atoms with E-state index < -0.39 is 11.9 Å². The van der Waals surface area contributed by atoms with Crippen molar-refractivity contribution in [2.45, 2.75) is 26.7 Å². The minimum atomic E-state index is -0.854. The molecule has 1 aliphatic heterocycles. The molecular weight excluding hydrogens is 394 g/mol. The number of benzene rings is 1. The molecule has 1 unspecified atom stereocenters. The first kappa shape index (κ1) is 20.5. The highest BCUT2D eigenvalue weighted by atomic mass is 35.5. The summed E-state index contributed by atoms with van der Waals surface area (Å²) in [6.07, 6.45) is 0. The zero-order valence-electron chi connectivity index (χ0n) is 16.3. The van der Waals surface area contributed by atoms with Crippen molar-refractivity contribution in [2.75, 3.05) is 13.2 Å². The average molecular weight is 414 g/mol. The van der Waals surface area contributed by atoms with Crippen LogP contribution in [0.15, 0.2) is 47.1 Å². The minimum absolute atomic E-state index is 0.0719. The monoisotopic (exact) mass is 413 g/mol. The number of esters is 1. The van der Waals surface area contributed by atoms with Gasteiger partial charge < -0.3 is 19.9 Å². The average Bonchev–Trinajstić information content (AvgIpc) is 2.67. The molecule has 29 heavy (non-hydrogen) atoms. The summed E-state index contributed by atoms with van der Waals surface area (Å²) in [7, 11) is 0. The number of rotatable bonds is 5. The van der Waals surface area contributed by atoms with Crippen molar-refractivity contribution < 1.29 is 19.0 Å². The van der Waals surface area contributed by atoms with Crippen molar-refractivity contribution in [3.05, 3.63) is 57.8 Å². The Morgan fingerprint density at radius 1 is 1.34 bits per heavy atom. The Hall–Kier alpha value is -3.24. The second kappa shape index (κ2) is 8.41. The number of hydrogen-bond acceptors (Lipinski definition) is 7. The van der Waals surface area contributed by atoms with Crippen LogP contribution in [0.25, 0.3) is 10.9 Å². The molecule has 2 heterocycles. The maximum absolute atomic E-state index is 12.7. The molecule has 2 aromatic rings. The largest absolute Gasteiger partial charge is 0.494 e. The van der Waals surface area contributed by atoms with Gasteiger partial charge in [0.1, 0.15) is 28.3 Å². The van der Waals surface area contributed by atoms with Crippen molar-refractivity contribution >= 4 is 28.5 Å². The van der Waals surface area contributed by atoms with Crippen LogP contribution in [0.5, 0.6) is 5.75 Å². The quantitative estimate of drug-likeness (QED) is 0.584. The number of hydrogen-bond donors (Lipinski definition) is 1. The highest BCUT2D eigenvalue weighted by Gasteiger charge is 2.37. The molecule has 1 aromatic heterocycles. The summed E-state index contributed by atoms with van der Waals surface area (Å²) in [5.41, 5.74) is 7.29. The number of pyridine rings is 1. The van der Waals surface area contributed by atoms with Gasteiger partial charge in [0.15, 0.2) is 0 Å².